The molecule has 1 fully saturated rings. The third-order valence-corrected chi connectivity index (χ3v) is 3.96. The monoisotopic (exact) mass is 275 g/mol. The summed E-state index contributed by atoms with van der Waals surface area (Å²) in [5.41, 5.74) is 3.26. The molecule has 1 N–H and O–H groups in total. The smallest absolute Gasteiger partial charge is 0.0949 e. The first-order chi connectivity index (χ1) is 9.28. The number of morpholine rings is 1. The van der Waals surface area contributed by atoms with Gasteiger partial charge >= 0.3 is 0 Å². The molecule has 0 aliphatic carbocycles. The fraction of sp³-hybridized carbons (Fsp3) is 0.667. The average Bonchev–Trinajstić information content (AvgIpc) is 2.37. The lowest BCUT2D eigenvalue weighted by Crippen LogP contribution is -2.33. The molecule has 1 aliphatic heterocycles. The Morgan fingerprint density at radius 2 is 1.75 bits per heavy atom. The van der Waals surface area contributed by atoms with Gasteiger partial charge in [0.2, 0.25) is 0 Å². The predicted octanol–water partition coefficient (Wildman–Crippen LogP) is 4.06. The van der Waals surface area contributed by atoms with E-state index >= 15 is 0 Å². The Kier molecular flexibility index (Phi) is 4.55. The van der Waals surface area contributed by atoms with Gasteiger partial charge in [-0.15, -0.1) is 0 Å². The molecule has 1 aliphatic rings. The van der Waals surface area contributed by atoms with Gasteiger partial charge in [-0.1, -0.05) is 58.9 Å². The zero-order valence-electron chi connectivity index (χ0n) is 13.6. The first-order valence-corrected chi connectivity index (χ1v) is 7.71. The molecule has 0 bridgehead atoms. The largest absolute Gasteiger partial charge is 0.371 e. The molecule has 0 aromatic heterocycles. The molecule has 1 atom stereocenters. The van der Waals surface area contributed by atoms with E-state index in [1.54, 1.807) is 0 Å². The van der Waals surface area contributed by atoms with Crippen molar-refractivity contribution in [3.05, 3.63) is 35.4 Å². The van der Waals surface area contributed by atoms with Crippen LogP contribution in [0.1, 0.15) is 58.3 Å². The van der Waals surface area contributed by atoms with Gasteiger partial charge in [-0.05, 0) is 28.4 Å². The van der Waals surface area contributed by atoms with E-state index in [4.69, 9.17) is 4.74 Å². The van der Waals surface area contributed by atoms with Crippen molar-refractivity contribution in [1.82, 2.24) is 5.32 Å². The lowest BCUT2D eigenvalue weighted by atomic mass is 9.72. The van der Waals surface area contributed by atoms with E-state index in [-0.39, 0.29) is 11.5 Å². The second-order valence-corrected chi connectivity index (χ2v) is 7.81. The van der Waals surface area contributed by atoms with Crippen LogP contribution in [-0.2, 0) is 10.2 Å². The fourth-order valence-electron chi connectivity index (χ4n) is 3.36. The Labute approximate surface area is 123 Å². The maximum absolute atomic E-state index is 5.81. The minimum Gasteiger partial charge on any atom is -0.371 e. The quantitative estimate of drug-likeness (QED) is 0.898. The molecule has 1 saturated heterocycles. The molecule has 0 spiro atoms. The Balaban J connectivity index is 2.10. The third kappa shape index (κ3) is 4.07. The maximum Gasteiger partial charge on any atom is 0.0949 e. The normalized spacial score (nSPS) is 20.9. The molecule has 2 heteroatoms. The molecule has 0 radical (unpaired) electrons. The van der Waals surface area contributed by atoms with E-state index in [2.05, 4.69) is 64.2 Å². The fourth-order valence-corrected chi connectivity index (χ4v) is 3.36. The zero-order chi connectivity index (χ0) is 14.8. The van der Waals surface area contributed by atoms with E-state index in [0.29, 0.717) is 5.41 Å². The van der Waals surface area contributed by atoms with Gasteiger partial charge in [-0.25, -0.2) is 0 Å². The highest BCUT2D eigenvalue weighted by molar-refractivity contribution is 5.30. The summed E-state index contributed by atoms with van der Waals surface area (Å²) in [6, 6.07) is 9.02. The Morgan fingerprint density at radius 3 is 2.25 bits per heavy atom. The third-order valence-electron chi connectivity index (χ3n) is 3.96. The van der Waals surface area contributed by atoms with Crippen molar-refractivity contribution in [3.63, 3.8) is 0 Å². The summed E-state index contributed by atoms with van der Waals surface area (Å²) in [6.07, 6.45) is 1.39. The van der Waals surface area contributed by atoms with Crippen LogP contribution in [0.5, 0.6) is 0 Å². The molecular formula is C18H29NO. The molecule has 1 aromatic carbocycles. The molecule has 0 saturated carbocycles. The zero-order valence-corrected chi connectivity index (χ0v) is 13.6. The van der Waals surface area contributed by atoms with Crippen molar-refractivity contribution in [3.8, 4) is 0 Å². The van der Waals surface area contributed by atoms with Gasteiger partial charge in [0.1, 0.15) is 0 Å². The molecule has 1 aromatic rings. The Morgan fingerprint density at radius 1 is 1.10 bits per heavy atom. The molecule has 2 nitrogen and oxygen atoms in total. The summed E-state index contributed by atoms with van der Waals surface area (Å²) >= 11 is 0. The number of benzene rings is 1. The van der Waals surface area contributed by atoms with Crippen LogP contribution in [0.25, 0.3) is 0 Å². The van der Waals surface area contributed by atoms with Crippen LogP contribution < -0.4 is 5.32 Å². The standard InChI is InChI=1S/C18H29NO/c1-17(2,3)13-18(4,5)15-8-6-14(7-9-15)16-12-19-10-11-20-16/h6-9,16,19H,10-13H2,1-5H3. The second-order valence-electron chi connectivity index (χ2n) is 7.81. The molecular weight excluding hydrogens is 246 g/mol. The van der Waals surface area contributed by atoms with Crippen molar-refractivity contribution in [2.75, 3.05) is 19.7 Å². The van der Waals surface area contributed by atoms with Crippen LogP contribution in [0.4, 0.5) is 0 Å². The second kappa shape index (κ2) is 5.87. The van der Waals surface area contributed by atoms with Gasteiger partial charge in [0.05, 0.1) is 12.7 Å². The molecule has 20 heavy (non-hydrogen) atoms. The van der Waals surface area contributed by atoms with Gasteiger partial charge in [-0.3, -0.25) is 0 Å². The SMILES string of the molecule is CC(C)(C)CC(C)(C)c1ccc(C2CNCCO2)cc1. The van der Waals surface area contributed by atoms with E-state index in [1.807, 2.05) is 0 Å². The van der Waals surface area contributed by atoms with E-state index < -0.39 is 0 Å². The van der Waals surface area contributed by atoms with Crippen molar-refractivity contribution in [1.29, 1.82) is 0 Å². The predicted molar refractivity (Wildman–Crippen MR) is 85.1 cm³/mol. The number of ether oxygens (including phenoxy) is 1. The Hall–Kier alpha value is -0.860. The topological polar surface area (TPSA) is 21.3 Å². The summed E-state index contributed by atoms with van der Waals surface area (Å²) in [5, 5.41) is 3.38. The summed E-state index contributed by atoms with van der Waals surface area (Å²) in [7, 11) is 0. The first kappa shape index (κ1) is 15.5. The molecule has 1 unspecified atom stereocenters. The van der Waals surface area contributed by atoms with Crippen LogP contribution in [0.2, 0.25) is 0 Å². The summed E-state index contributed by atoms with van der Waals surface area (Å²) in [6.45, 7) is 14.3. The Bertz CT molecular complexity index is 422. The molecule has 0 amide bonds. The summed E-state index contributed by atoms with van der Waals surface area (Å²) in [4.78, 5) is 0. The summed E-state index contributed by atoms with van der Waals surface area (Å²) in [5.74, 6) is 0. The van der Waals surface area contributed by atoms with Gasteiger partial charge in [0.25, 0.3) is 0 Å². The van der Waals surface area contributed by atoms with Crippen LogP contribution in [-0.4, -0.2) is 19.7 Å². The molecule has 112 valence electrons. The lowest BCUT2D eigenvalue weighted by molar-refractivity contribution is 0.0277. The minimum atomic E-state index is 0.211. The first-order valence-electron chi connectivity index (χ1n) is 7.71. The van der Waals surface area contributed by atoms with Crippen molar-refractivity contribution < 1.29 is 4.74 Å². The highest BCUT2D eigenvalue weighted by Crippen LogP contribution is 2.36. The van der Waals surface area contributed by atoms with Gasteiger partial charge in [0, 0.05) is 13.1 Å². The van der Waals surface area contributed by atoms with Gasteiger partial charge < -0.3 is 10.1 Å². The molecule has 2 rings (SSSR count). The van der Waals surface area contributed by atoms with E-state index in [9.17, 15) is 0 Å². The average molecular weight is 275 g/mol. The number of hydrogen-bond donors (Lipinski definition) is 1. The van der Waals surface area contributed by atoms with E-state index in [0.717, 1.165) is 19.7 Å². The highest BCUT2D eigenvalue weighted by atomic mass is 16.5. The van der Waals surface area contributed by atoms with Crippen molar-refractivity contribution in [2.24, 2.45) is 5.41 Å². The van der Waals surface area contributed by atoms with E-state index in [1.165, 1.54) is 17.5 Å². The van der Waals surface area contributed by atoms with Crippen LogP contribution >= 0.6 is 0 Å². The van der Waals surface area contributed by atoms with Gasteiger partial charge in [0.15, 0.2) is 0 Å². The number of rotatable bonds is 3. The summed E-state index contributed by atoms with van der Waals surface area (Å²) < 4.78 is 5.81. The maximum atomic E-state index is 5.81. The van der Waals surface area contributed by atoms with Gasteiger partial charge in [-0.2, -0.15) is 0 Å². The van der Waals surface area contributed by atoms with Crippen molar-refractivity contribution >= 4 is 0 Å². The lowest BCUT2D eigenvalue weighted by Gasteiger charge is -2.33. The highest BCUT2D eigenvalue weighted by Gasteiger charge is 2.27. The number of nitrogens with one attached hydrogen (secondary N) is 1. The van der Waals surface area contributed by atoms with Crippen LogP contribution in [0.15, 0.2) is 24.3 Å². The molecule has 1 heterocycles. The van der Waals surface area contributed by atoms with Crippen LogP contribution in [0, 0.1) is 5.41 Å². The van der Waals surface area contributed by atoms with Crippen molar-refractivity contribution in [2.45, 2.75) is 52.6 Å². The van der Waals surface area contributed by atoms with Crippen LogP contribution in [0.3, 0.4) is 0 Å². The minimum absolute atomic E-state index is 0.211. The number of hydrogen-bond acceptors (Lipinski definition) is 2.